The van der Waals surface area contributed by atoms with E-state index in [2.05, 4.69) is 10.6 Å². The fourth-order valence-electron chi connectivity index (χ4n) is 2.06. The number of carbonyl (C=O) groups is 1. The summed E-state index contributed by atoms with van der Waals surface area (Å²) in [5.74, 6) is -0.389. The Morgan fingerprint density at radius 2 is 1.79 bits per heavy atom. The van der Waals surface area contributed by atoms with E-state index >= 15 is 0 Å². The van der Waals surface area contributed by atoms with Gasteiger partial charge in [0.1, 0.15) is 11.6 Å². The molecule has 2 aromatic carbocycles. The summed E-state index contributed by atoms with van der Waals surface area (Å²) in [5, 5.41) is 15.5. The lowest BCUT2D eigenvalue weighted by Crippen LogP contribution is -2.25. The molecule has 0 aliphatic heterocycles. The van der Waals surface area contributed by atoms with E-state index in [1.807, 2.05) is 60.7 Å². The molecule has 0 fully saturated rings. The summed E-state index contributed by atoms with van der Waals surface area (Å²) >= 11 is 5.84. The Balaban J connectivity index is 1.79. The predicted octanol–water partition coefficient (Wildman–Crippen LogP) is 3.20. The predicted molar refractivity (Wildman–Crippen MR) is 95.1 cm³/mol. The zero-order chi connectivity index (χ0) is 17.2. The fraction of sp³-hybridized carbons (Fsp3) is 0.158. The van der Waals surface area contributed by atoms with Gasteiger partial charge in [-0.3, -0.25) is 4.79 Å². The maximum Gasteiger partial charge on any atom is 0.263 e. The van der Waals surface area contributed by atoms with Crippen LogP contribution in [0.5, 0.6) is 0 Å². The molecule has 0 heterocycles. The van der Waals surface area contributed by atoms with Crippen molar-refractivity contribution in [1.29, 1.82) is 5.26 Å². The van der Waals surface area contributed by atoms with Crippen molar-refractivity contribution >= 4 is 17.5 Å². The van der Waals surface area contributed by atoms with Gasteiger partial charge in [0, 0.05) is 24.3 Å². The zero-order valence-corrected chi connectivity index (χ0v) is 13.9. The van der Waals surface area contributed by atoms with E-state index in [-0.39, 0.29) is 11.5 Å². The minimum Gasteiger partial charge on any atom is -0.389 e. The molecule has 5 heteroatoms. The van der Waals surface area contributed by atoms with Gasteiger partial charge >= 0.3 is 0 Å². The molecule has 0 aliphatic carbocycles. The molecule has 24 heavy (non-hydrogen) atoms. The third kappa shape index (κ3) is 5.79. The molecular weight excluding hydrogens is 322 g/mol. The van der Waals surface area contributed by atoms with E-state index in [9.17, 15) is 4.79 Å². The Kier molecular flexibility index (Phi) is 6.88. The highest BCUT2D eigenvalue weighted by Crippen LogP contribution is 2.09. The standard InChI is InChI=1S/C19H18ClN3O/c20-18-8-6-15(7-9-18)10-11-22-14-17(12-21)19(24)23-13-16-4-2-1-3-5-16/h1-9,14,22H,10-11,13H2,(H,23,24)/b17-14-. The highest BCUT2D eigenvalue weighted by molar-refractivity contribution is 6.30. The maximum absolute atomic E-state index is 12.0. The van der Waals surface area contributed by atoms with Crippen LogP contribution in [0.3, 0.4) is 0 Å². The smallest absolute Gasteiger partial charge is 0.263 e. The number of rotatable bonds is 7. The number of hydrogen-bond donors (Lipinski definition) is 2. The number of nitrogens with one attached hydrogen (secondary N) is 2. The van der Waals surface area contributed by atoms with Crippen LogP contribution in [0.15, 0.2) is 66.4 Å². The van der Waals surface area contributed by atoms with Crippen molar-refractivity contribution in [2.24, 2.45) is 0 Å². The normalized spacial score (nSPS) is 10.8. The number of carbonyl (C=O) groups excluding carboxylic acids is 1. The Morgan fingerprint density at radius 3 is 2.46 bits per heavy atom. The maximum atomic E-state index is 12.0. The van der Waals surface area contributed by atoms with Gasteiger partial charge in [0.25, 0.3) is 5.91 Å². The van der Waals surface area contributed by atoms with Crippen LogP contribution in [-0.2, 0) is 17.8 Å². The van der Waals surface area contributed by atoms with Gasteiger partial charge in [-0.15, -0.1) is 0 Å². The second kappa shape index (κ2) is 9.39. The van der Waals surface area contributed by atoms with Crippen molar-refractivity contribution in [2.75, 3.05) is 6.54 Å². The Hall–Kier alpha value is -2.77. The molecule has 0 bridgehead atoms. The van der Waals surface area contributed by atoms with Gasteiger partial charge in [0.2, 0.25) is 0 Å². The molecule has 0 spiro atoms. The van der Waals surface area contributed by atoms with Crippen molar-refractivity contribution in [3.63, 3.8) is 0 Å². The summed E-state index contributed by atoms with van der Waals surface area (Å²) in [6.07, 6.45) is 2.23. The average Bonchev–Trinajstić information content (AvgIpc) is 2.62. The SMILES string of the molecule is N#C/C(=C/NCCc1ccc(Cl)cc1)C(=O)NCc1ccccc1. The van der Waals surface area contributed by atoms with Crippen molar-refractivity contribution in [2.45, 2.75) is 13.0 Å². The lowest BCUT2D eigenvalue weighted by atomic mass is 10.1. The summed E-state index contributed by atoms with van der Waals surface area (Å²) in [5.41, 5.74) is 2.17. The highest BCUT2D eigenvalue weighted by atomic mass is 35.5. The molecule has 0 aliphatic rings. The third-order valence-electron chi connectivity index (χ3n) is 3.38. The molecule has 122 valence electrons. The first-order valence-electron chi connectivity index (χ1n) is 7.59. The molecular formula is C19H18ClN3O. The Morgan fingerprint density at radius 1 is 1.08 bits per heavy atom. The molecule has 0 radical (unpaired) electrons. The first-order valence-corrected chi connectivity index (χ1v) is 7.97. The van der Waals surface area contributed by atoms with Crippen LogP contribution < -0.4 is 10.6 Å². The Bertz CT molecular complexity index is 733. The molecule has 0 saturated heterocycles. The van der Waals surface area contributed by atoms with Crippen molar-refractivity contribution in [3.8, 4) is 6.07 Å². The highest BCUT2D eigenvalue weighted by Gasteiger charge is 2.07. The minimum absolute atomic E-state index is 0.0574. The van der Waals surface area contributed by atoms with Gasteiger partial charge in [-0.1, -0.05) is 54.1 Å². The number of amides is 1. The van der Waals surface area contributed by atoms with Crippen LogP contribution >= 0.6 is 11.6 Å². The van der Waals surface area contributed by atoms with Crippen molar-refractivity contribution in [1.82, 2.24) is 10.6 Å². The van der Waals surface area contributed by atoms with Crippen LogP contribution in [0, 0.1) is 11.3 Å². The van der Waals surface area contributed by atoms with Crippen LogP contribution in [0.4, 0.5) is 0 Å². The van der Waals surface area contributed by atoms with Crippen molar-refractivity contribution < 1.29 is 4.79 Å². The molecule has 2 N–H and O–H groups in total. The average molecular weight is 340 g/mol. The molecule has 2 rings (SSSR count). The lowest BCUT2D eigenvalue weighted by Gasteiger charge is -2.05. The molecule has 0 atom stereocenters. The topological polar surface area (TPSA) is 64.9 Å². The zero-order valence-electron chi connectivity index (χ0n) is 13.1. The minimum atomic E-state index is -0.389. The van der Waals surface area contributed by atoms with Gasteiger partial charge in [0.05, 0.1) is 0 Å². The molecule has 0 aromatic heterocycles. The summed E-state index contributed by atoms with van der Waals surface area (Å²) in [7, 11) is 0. The van der Waals surface area contributed by atoms with Crippen LogP contribution in [0.25, 0.3) is 0 Å². The van der Waals surface area contributed by atoms with Crippen LogP contribution in [0.1, 0.15) is 11.1 Å². The van der Waals surface area contributed by atoms with Gasteiger partial charge < -0.3 is 10.6 Å². The molecule has 2 aromatic rings. The second-order valence-corrected chi connectivity index (χ2v) is 5.61. The quantitative estimate of drug-likeness (QED) is 0.462. The van der Waals surface area contributed by atoms with Gasteiger partial charge in [-0.25, -0.2) is 0 Å². The second-order valence-electron chi connectivity index (χ2n) is 5.17. The summed E-state index contributed by atoms with van der Waals surface area (Å²) in [6, 6.07) is 19.0. The Labute approximate surface area is 146 Å². The van der Waals surface area contributed by atoms with E-state index in [0.717, 1.165) is 17.5 Å². The number of benzene rings is 2. The lowest BCUT2D eigenvalue weighted by molar-refractivity contribution is -0.117. The van der Waals surface area contributed by atoms with Crippen LogP contribution in [0.2, 0.25) is 5.02 Å². The number of halogens is 1. The summed E-state index contributed by atoms with van der Waals surface area (Å²) in [4.78, 5) is 12.0. The first-order chi connectivity index (χ1) is 11.7. The van der Waals surface area contributed by atoms with Gasteiger partial charge in [-0.05, 0) is 29.7 Å². The van der Waals surface area contributed by atoms with E-state index in [4.69, 9.17) is 16.9 Å². The van der Waals surface area contributed by atoms with Crippen molar-refractivity contribution in [3.05, 3.63) is 82.5 Å². The first kappa shape index (κ1) is 17.6. The summed E-state index contributed by atoms with van der Waals surface area (Å²) < 4.78 is 0. The van der Waals surface area contributed by atoms with Gasteiger partial charge in [0.15, 0.2) is 0 Å². The number of nitrogens with zero attached hydrogens (tertiary/aromatic N) is 1. The van der Waals surface area contributed by atoms with E-state index in [0.29, 0.717) is 18.1 Å². The molecule has 0 saturated carbocycles. The van der Waals surface area contributed by atoms with E-state index in [1.165, 1.54) is 6.20 Å². The molecule has 4 nitrogen and oxygen atoms in total. The monoisotopic (exact) mass is 339 g/mol. The van der Waals surface area contributed by atoms with E-state index in [1.54, 1.807) is 0 Å². The number of nitriles is 1. The van der Waals surface area contributed by atoms with Gasteiger partial charge in [-0.2, -0.15) is 5.26 Å². The molecule has 0 unspecified atom stereocenters. The third-order valence-corrected chi connectivity index (χ3v) is 3.63. The van der Waals surface area contributed by atoms with Crippen LogP contribution in [-0.4, -0.2) is 12.5 Å². The summed E-state index contributed by atoms with van der Waals surface area (Å²) in [6.45, 7) is 1.02. The molecule has 1 amide bonds. The van der Waals surface area contributed by atoms with E-state index < -0.39 is 0 Å². The number of hydrogen-bond acceptors (Lipinski definition) is 3. The fourth-order valence-corrected chi connectivity index (χ4v) is 2.19. The largest absolute Gasteiger partial charge is 0.389 e.